The molecule has 6 heteroatoms. The Hall–Kier alpha value is -0.490. The Kier molecular flexibility index (Phi) is 3.66. The Bertz CT molecular complexity index is 454. The van der Waals surface area contributed by atoms with Gasteiger partial charge in [0, 0.05) is 5.56 Å². The summed E-state index contributed by atoms with van der Waals surface area (Å²) in [5.41, 5.74) is 0.902. The number of hydrogen-bond donors (Lipinski definition) is 0. The van der Waals surface area contributed by atoms with E-state index < -0.39 is 0 Å². The number of halogens is 2. The Morgan fingerprint density at radius 1 is 1.28 bits per heavy atom. The minimum absolute atomic E-state index is 0.0522. The molecule has 0 aromatic heterocycles. The highest BCUT2D eigenvalue weighted by molar-refractivity contribution is 9.10. The fraction of sp³-hybridized carbons (Fsp3) is 0.500. The molecule has 0 spiro atoms. The van der Waals surface area contributed by atoms with Gasteiger partial charge in [0.2, 0.25) is 0 Å². The van der Waals surface area contributed by atoms with E-state index >= 15 is 0 Å². The van der Waals surface area contributed by atoms with Gasteiger partial charge in [-0.15, -0.1) is 11.6 Å². The van der Waals surface area contributed by atoms with E-state index in [0.29, 0.717) is 31.5 Å². The van der Waals surface area contributed by atoms with Crippen LogP contribution in [0.15, 0.2) is 16.6 Å². The summed E-state index contributed by atoms with van der Waals surface area (Å²) in [6, 6.07) is 3.81. The van der Waals surface area contributed by atoms with Crippen molar-refractivity contribution in [3.63, 3.8) is 0 Å². The van der Waals surface area contributed by atoms with Crippen molar-refractivity contribution < 1.29 is 18.9 Å². The highest BCUT2D eigenvalue weighted by Crippen LogP contribution is 2.41. The van der Waals surface area contributed by atoms with Crippen LogP contribution in [0.4, 0.5) is 0 Å². The van der Waals surface area contributed by atoms with Gasteiger partial charge in [-0.3, -0.25) is 0 Å². The topological polar surface area (TPSA) is 36.9 Å². The van der Waals surface area contributed by atoms with Gasteiger partial charge in [0.05, 0.1) is 23.1 Å². The van der Waals surface area contributed by atoms with Crippen LogP contribution in [0, 0.1) is 0 Å². The summed E-state index contributed by atoms with van der Waals surface area (Å²) in [5.74, 6) is 1.88. The maximum absolute atomic E-state index is 5.75. The molecule has 2 aliphatic heterocycles. The quantitative estimate of drug-likeness (QED) is 0.779. The molecule has 2 heterocycles. The third kappa shape index (κ3) is 2.32. The highest BCUT2D eigenvalue weighted by atomic mass is 79.9. The fourth-order valence-corrected chi connectivity index (χ4v) is 2.71. The molecule has 98 valence electrons. The lowest BCUT2D eigenvalue weighted by molar-refractivity contribution is -0.0569. The van der Waals surface area contributed by atoms with Crippen molar-refractivity contribution >= 4 is 27.5 Å². The molecule has 2 unspecified atom stereocenters. The number of ether oxygens (including phenoxy) is 4. The summed E-state index contributed by atoms with van der Waals surface area (Å²) < 4.78 is 23.2. The van der Waals surface area contributed by atoms with Gasteiger partial charge in [0.25, 0.3) is 0 Å². The van der Waals surface area contributed by atoms with E-state index in [1.807, 2.05) is 12.1 Å². The van der Waals surface area contributed by atoms with Crippen molar-refractivity contribution in [2.24, 2.45) is 0 Å². The zero-order valence-electron chi connectivity index (χ0n) is 9.53. The maximum Gasteiger partial charge on any atom is 0.184 e. The number of fused-ring (bicyclic) bond motifs is 1. The van der Waals surface area contributed by atoms with Crippen LogP contribution < -0.4 is 9.47 Å². The third-order valence-electron chi connectivity index (χ3n) is 2.81. The minimum atomic E-state index is -0.388. The number of benzene rings is 1. The first-order valence-electron chi connectivity index (χ1n) is 5.70. The summed E-state index contributed by atoms with van der Waals surface area (Å²) >= 11 is 9.22. The average molecular weight is 336 g/mol. The third-order valence-corrected chi connectivity index (χ3v) is 3.75. The molecule has 0 bridgehead atoms. The van der Waals surface area contributed by atoms with Gasteiger partial charge in [-0.25, -0.2) is 0 Å². The monoisotopic (exact) mass is 334 g/mol. The summed E-state index contributed by atoms with van der Waals surface area (Å²) in [7, 11) is 0. The minimum Gasteiger partial charge on any atom is -0.486 e. The zero-order valence-corrected chi connectivity index (χ0v) is 11.9. The van der Waals surface area contributed by atoms with Crippen LogP contribution in [0.25, 0.3) is 0 Å². The molecule has 3 rings (SSSR count). The Labute approximate surface area is 118 Å². The number of rotatable bonds is 2. The predicted octanol–water partition coefficient (Wildman–Crippen LogP) is 2.87. The molecule has 2 aliphatic rings. The van der Waals surface area contributed by atoms with Crippen LogP contribution in [-0.4, -0.2) is 31.8 Å². The van der Waals surface area contributed by atoms with E-state index in [1.54, 1.807) is 0 Å². The van der Waals surface area contributed by atoms with Crippen LogP contribution in [0.5, 0.6) is 11.5 Å². The van der Waals surface area contributed by atoms with Crippen molar-refractivity contribution in [1.82, 2.24) is 0 Å². The van der Waals surface area contributed by atoms with Crippen LogP contribution in [0.3, 0.4) is 0 Å². The molecule has 1 fully saturated rings. The molecule has 0 amide bonds. The van der Waals surface area contributed by atoms with E-state index in [9.17, 15) is 0 Å². The predicted molar refractivity (Wildman–Crippen MR) is 69.4 cm³/mol. The molecule has 4 nitrogen and oxygen atoms in total. The molecule has 18 heavy (non-hydrogen) atoms. The molecule has 1 aromatic rings. The van der Waals surface area contributed by atoms with Gasteiger partial charge >= 0.3 is 0 Å². The van der Waals surface area contributed by atoms with Crippen molar-refractivity contribution in [3.8, 4) is 11.5 Å². The van der Waals surface area contributed by atoms with E-state index in [4.69, 9.17) is 30.5 Å². The normalized spacial score (nSPS) is 26.3. The first kappa shape index (κ1) is 12.5. The lowest BCUT2D eigenvalue weighted by Gasteiger charge is -2.21. The first-order chi connectivity index (χ1) is 8.78. The van der Waals surface area contributed by atoms with Crippen LogP contribution >= 0.6 is 27.5 Å². The molecule has 0 radical (unpaired) electrons. The van der Waals surface area contributed by atoms with E-state index in [-0.39, 0.29) is 12.4 Å². The van der Waals surface area contributed by atoms with Crippen molar-refractivity contribution in [1.29, 1.82) is 0 Å². The second kappa shape index (κ2) is 5.25. The number of alkyl halides is 1. The van der Waals surface area contributed by atoms with E-state index in [0.717, 1.165) is 15.8 Å². The second-order valence-corrected chi connectivity index (χ2v) is 5.27. The van der Waals surface area contributed by atoms with Crippen molar-refractivity contribution in [3.05, 3.63) is 22.2 Å². The summed E-state index contributed by atoms with van der Waals surface area (Å²) in [4.78, 5) is 0. The molecule has 2 atom stereocenters. The van der Waals surface area contributed by atoms with Crippen LogP contribution in [-0.2, 0) is 9.47 Å². The van der Waals surface area contributed by atoms with E-state index in [1.165, 1.54) is 0 Å². The van der Waals surface area contributed by atoms with Crippen molar-refractivity contribution in [2.45, 2.75) is 12.4 Å². The zero-order chi connectivity index (χ0) is 12.5. The SMILES string of the molecule is ClCC1COC(c2cc(Br)c3c(c2)OCCO3)O1. The second-order valence-electron chi connectivity index (χ2n) is 4.10. The summed E-state index contributed by atoms with van der Waals surface area (Å²) in [5, 5.41) is 0. The van der Waals surface area contributed by atoms with Gasteiger partial charge in [0.1, 0.15) is 13.2 Å². The van der Waals surface area contributed by atoms with Gasteiger partial charge in [-0.2, -0.15) is 0 Å². The van der Waals surface area contributed by atoms with Crippen molar-refractivity contribution in [2.75, 3.05) is 25.7 Å². The molecule has 1 aromatic carbocycles. The van der Waals surface area contributed by atoms with Gasteiger partial charge < -0.3 is 18.9 Å². The molecule has 0 N–H and O–H groups in total. The lowest BCUT2D eigenvalue weighted by atomic mass is 10.2. The molecule has 1 saturated heterocycles. The largest absolute Gasteiger partial charge is 0.486 e. The first-order valence-corrected chi connectivity index (χ1v) is 7.03. The van der Waals surface area contributed by atoms with Gasteiger partial charge in [-0.1, -0.05) is 0 Å². The number of hydrogen-bond acceptors (Lipinski definition) is 4. The van der Waals surface area contributed by atoms with E-state index in [2.05, 4.69) is 15.9 Å². The van der Waals surface area contributed by atoms with Crippen LogP contribution in [0.2, 0.25) is 0 Å². The summed E-state index contributed by atoms with van der Waals surface area (Å²) in [6.45, 7) is 1.63. The van der Waals surface area contributed by atoms with Gasteiger partial charge in [-0.05, 0) is 28.1 Å². The Morgan fingerprint density at radius 3 is 2.89 bits per heavy atom. The molecular weight excluding hydrogens is 323 g/mol. The summed E-state index contributed by atoms with van der Waals surface area (Å²) in [6.07, 6.45) is -0.440. The lowest BCUT2D eigenvalue weighted by Crippen LogP contribution is -2.16. The maximum atomic E-state index is 5.75. The molecular formula is C12H12BrClO4. The standard InChI is InChI=1S/C12H12BrClO4/c13-9-3-7(12-17-6-8(5-14)18-12)4-10-11(9)16-2-1-15-10/h3-4,8,12H,1-2,5-6H2. The van der Waals surface area contributed by atoms with Crippen LogP contribution in [0.1, 0.15) is 11.9 Å². The fourth-order valence-electron chi connectivity index (χ4n) is 1.97. The highest BCUT2D eigenvalue weighted by Gasteiger charge is 2.28. The molecule has 0 aliphatic carbocycles. The Morgan fingerprint density at radius 2 is 2.11 bits per heavy atom. The average Bonchev–Trinajstić information content (AvgIpc) is 2.87. The Balaban J connectivity index is 1.87. The van der Waals surface area contributed by atoms with Gasteiger partial charge in [0.15, 0.2) is 17.8 Å². The smallest absolute Gasteiger partial charge is 0.184 e. The molecule has 0 saturated carbocycles.